The molecular formula is C26H24N2O11. The van der Waals surface area contributed by atoms with Crippen molar-refractivity contribution in [1.82, 2.24) is 0 Å². The molecule has 2 aliphatic rings. The molecule has 0 bridgehead atoms. The van der Waals surface area contributed by atoms with Crippen LogP contribution < -0.4 is 0 Å². The number of nitro groups is 2. The molecule has 13 heteroatoms. The number of carbonyl (C=O) groups excluding carboxylic acids is 4. The number of carbonyl (C=O) groups is 4. The van der Waals surface area contributed by atoms with Gasteiger partial charge in [-0.15, -0.1) is 0 Å². The molecule has 0 atom stereocenters. The van der Waals surface area contributed by atoms with Gasteiger partial charge in [0.1, 0.15) is 0 Å². The highest BCUT2D eigenvalue weighted by Gasteiger charge is 2.60. The van der Waals surface area contributed by atoms with E-state index in [1.165, 1.54) is 62.8 Å². The van der Waals surface area contributed by atoms with Crippen LogP contribution in [0.25, 0.3) is 0 Å². The van der Waals surface area contributed by atoms with Crippen LogP contribution in [0.4, 0.5) is 11.4 Å². The van der Waals surface area contributed by atoms with E-state index < -0.39 is 56.4 Å². The Morgan fingerprint density at radius 2 is 0.974 bits per heavy atom. The molecule has 0 spiro atoms. The van der Waals surface area contributed by atoms with Gasteiger partial charge in [-0.3, -0.25) is 39.4 Å². The second kappa shape index (κ2) is 10.2. The summed E-state index contributed by atoms with van der Waals surface area (Å²) in [4.78, 5) is 72.2. The van der Waals surface area contributed by atoms with Crippen molar-refractivity contribution in [3.05, 3.63) is 79.9 Å². The first-order valence-corrected chi connectivity index (χ1v) is 11.9. The summed E-state index contributed by atoms with van der Waals surface area (Å²) in [7, 11) is 2.41. The van der Waals surface area contributed by atoms with Gasteiger partial charge in [0.05, 0.1) is 46.7 Å². The summed E-state index contributed by atoms with van der Waals surface area (Å²) in [5.41, 5.74) is -2.63. The number of rotatable bonds is 8. The van der Waals surface area contributed by atoms with Gasteiger partial charge in [-0.2, -0.15) is 0 Å². The Kier molecular flexibility index (Phi) is 7.18. The minimum Gasteiger partial charge on any atom is -0.469 e. The number of methoxy groups -OCH3 is 2. The molecule has 2 aromatic carbocycles. The molecule has 2 aliphatic carbocycles. The number of esters is 4. The van der Waals surface area contributed by atoms with Crippen molar-refractivity contribution in [3.8, 4) is 0 Å². The van der Waals surface area contributed by atoms with E-state index in [0.717, 1.165) is 0 Å². The summed E-state index contributed by atoms with van der Waals surface area (Å²) in [5.74, 6) is -4.30. The van der Waals surface area contributed by atoms with Gasteiger partial charge in [0, 0.05) is 24.3 Å². The highest BCUT2D eigenvalue weighted by atomic mass is 16.6. The fraction of sp³-hybridized carbons (Fsp3) is 0.385. The van der Waals surface area contributed by atoms with Crippen LogP contribution in [0.15, 0.2) is 48.5 Å². The molecule has 204 valence electrons. The number of ether oxygens (including phenoxy) is 3. The zero-order chi connectivity index (χ0) is 28.5. The molecule has 0 N–H and O–H groups in total. The highest BCUT2D eigenvalue weighted by molar-refractivity contribution is 5.99. The van der Waals surface area contributed by atoms with Crippen molar-refractivity contribution < 1.29 is 43.2 Å². The molecular weight excluding hydrogens is 516 g/mol. The number of hydrogen-bond acceptors (Lipinski definition) is 11. The minimum absolute atomic E-state index is 0.0427. The van der Waals surface area contributed by atoms with Crippen LogP contribution in [-0.4, -0.2) is 47.9 Å². The van der Waals surface area contributed by atoms with Gasteiger partial charge in [-0.05, 0) is 36.8 Å². The number of non-ortho nitro benzene ring substituents is 2. The number of benzene rings is 2. The number of nitrogens with zero attached hydrogens (tertiary/aromatic N) is 2. The molecule has 2 fully saturated rings. The van der Waals surface area contributed by atoms with Crippen LogP contribution in [0.2, 0.25) is 0 Å². The first-order valence-electron chi connectivity index (χ1n) is 11.9. The van der Waals surface area contributed by atoms with Crippen molar-refractivity contribution in [2.24, 2.45) is 11.8 Å². The Morgan fingerprint density at radius 1 is 0.667 bits per heavy atom. The van der Waals surface area contributed by atoms with E-state index in [1.54, 1.807) is 0 Å². The predicted octanol–water partition coefficient (Wildman–Crippen LogP) is 2.91. The number of nitro benzene ring substituents is 2. The van der Waals surface area contributed by atoms with E-state index in [0.29, 0.717) is 11.1 Å². The van der Waals surface area contributed by atoms with E-state index in [4.69, 9.17) is 14.2 Å². The summed E-state index contributed by atoms with van der Waals surface area (Å²) in [6.07, 6.45) is -0.171. The molecule has 0 aliphatic heterocycles. The number of hydrogen-bond donors (Lipinski definition) is 0. The zero-order valence-corrected chi connectivity index (χ0v) is 21.0. The molecule has 0 aromatic heterocycles. The topological polar surface area (TPSA) is 182 Å². The Morgan fingerprint density at radius 3 is 1.23 bits per heavy atom. The monoisotopic (exact) mass is 540 g/mol. The Bertz CT molecular complexity index is 1240. The lowest BCUT2D eigenvalue weighted by Gasteiger charge is -2.47. The summed E-state index contributed by atoms with van der Waals surface area (Å²) >= 11 is 0. The van der Waals surface area contributed by atoms with E-state index in [2.05, 4.69) is 0 Å². The van der Waals surface area contributed by atoms with Gasteiger partial charge in [-0.1, -0.05) is 24.3 Å². The first-order chi connectivity index (χ1) is 18.5. The average Bonchev–Trinajstić information content (AvgIpc) is 2.87. The Balaban J connectivity index is 1.64. The second-order valence-electron chi connectivity index (χ2n) is 9.71. The van der Waals surface area contributed by atoms with Crippen molar-refractivity contribution >= 4 is 35.3 Å². The maximum Gasteiger partial charge on any atom is 0.324 e. The SMILES string of the molecule is COC(=O)C1CC(C(=O)OC(=O)C2(c3ccc([N+](=O)[O-])cc3)CC(C(=O)OC)C2)(c2ccc([N+](=O)[O-])cc2)C1. The molecule has 0 unspecified atom stereocenters. The maximum absolute atomic E-state index is 13.6. The Hall–Kier alpha value is -4.68. The normalized spacial score (nSPS) is 25.3. The lowest BCUT2D eigenvalue weighted by atomic mass is 9.57. The summed E-state index contributed by atoms with van der Waals surface area (Å²) in [6.45, 7) is 0. The predicted molar refractivity (Wildman–Crippen MR) is 130 cm³/mol. The van der Waals surface area contributed by atoms with Crippen LogP contribution in [0, 0.1) is 32.1 Å². The third-order valence-corrected chi connectivity index (χ3v) is 7.68. The molecule has 0 amide bonds. The van der Waals surface area contributed by atoms with Crippen molar-refractivity contribution in [1.29, 1.82) is 0 Å². The average molecular weight is 540 g/mol. The Labute approximate surface area is 221 Å². The quantitative estimate of drug-likeness (QED) is 0.158. The van der Waals surface area contributed by atoms with Crippen molar-refractivity contribution in [2.45, 2.75) is 36.5 Å². The fourth-order valence-electron chi connectivity index (χ4n) is 5.35. The second-order valence-corrected chi connectivity index (χ2v) is 9.71. The lowest BCUT2D eigenvalue weighted by molar-refractivity contribution is -0.385. The summed E-state index contributed by atoms with van der Waals surface area (Å²) in [6, 6.07) is 10.3. The smallest absolute Gasteiger partial charge is 0.324 e. The molecule has 0 saturated heterocycles. The van der Waals surface area contributed by atoms with Crippen LogP contribution in [0.5, 0.6) is 0 Å². The molecule has 4 rings (SSSR count). The van der Waals surface area contributed by atoms with Gasteiger partial charge < -0.3 is 14.2 Å². The molecule has 13 nitrogen and oxygen atoms in total. The molecule has 2 saturated carbocycles. The fourth-order valence-corrected chi connectivity index (χ4v) is 5.35. The van der Waals surface area contributed by atoms with Gasteiger partial charge in [0.15, 0.2) is 0 Å². The summed E-state index contributed by atoms with van der Waals surface area (Å²) < 4.78 is 14.9. The third kappa shape index (κ3) is 4.71. The van der Waals surface area contributed by atoms with Gasteiger partial charge in [0.2, 0.25) is 0 Å². The molecule has 39 heavy (non-hydrogen) atoms. The van der Waals surface area contributed by atoms with E-state index in [9.17, 15) is 39.4 Å². The summed E-state index contributed by atoms with van der Waals surface area (Å²) in [5, 5.41) is 22.2. The lowest BCUT2D eigenvalue weighted by Crippen LogP contribution is -2.56. The molecule has 2 aromatic rings. The van der Waals surface area contributed by atoms with Crippen LogP contribution >= 0.6 is 0 Å². The zero-order valence-electron chi connectivity index (χ0n) is 21.0. The largest absolute Gasteiger partial charge is 0.469 e. The van der Waals surface area contributed by atoms with Crippen LogP contribution in [0.3, 0.4) is 0 Å². The van der Waals surface area contributed by atoms with Crippen molar-refractivity contribution in [3.63, 3.8) is 0 Å². The van der Waals surface area contributed by atoms with E-state index >= 15 is 0 Å². The van der Waals surface area contributed by atoms with Crippen LogP contribution in [0.1, 0.15) is 36.8 Å². The highest BCUT2D eigenvalue weighted by Crippen LogP contribution is 2.52. The van der Waals surface area contributed by atoms with Gasteiger partial charge in [-0.25, -0.2) is 0 Å². The van der Waals surface area contributed by atoms with Crippen LogP contribution in [-0.2, 0) is 44.2 Å². The minimum atomic E-state index is -1.44. The molecule has 0 heterocycles. The first kappa shape index (κ1) is 27.4. The molecule has 0 radical (unpaired) electrons. The van der Waals surface area contributed by atoms with Gasteiger partial charge in [0.25, 0.3) is 11.4 Å². The van der Waals surface area contributed by atoms with E-state index in [-0.39, 0.29) is 37.1 Å². The van der Waals surface area contributed by atoms with Gasteiger partial charge >= 0.3 is 23.9 Å². The third-order valence-electron chi connectivity index (χ3n) is 7.68. The van der Waals surface area contributed by atoms with E-state index in [1.807, 2.05) is 0 Å². The standard InChI is InChI=1S/C26H24N2O11/c1-37-21(29)15-11-25(12-15,17-3-7-19(8-4-17)27(33)34)23(31)39-24(32)26(13-16(14-26)22(30)38-2)18-5-9-20(10-6-18)28(35)36/h3-10,15-16H,11-14H2,1-2H3. The van der Waals surface area contributed by atoms with Crippen molar-refractivity contribution in [2.75, 3.05) is 14.2 Å². The maximum atomic E-state index is 13.6.